The van der Waals surface area contributed by atoms with Gasteiger partial charge in [-0.1, -0.05) is 17.7 Å². The van der Waals surface area contributed by atoms with Crippen LogP contribution >= 0.6 is 0 Å². The lowest BCUT2D eigenvalue weighted by atomic mass is 10.1. The van der Waals surface area contributed by atoms with Gasteiger partial charge in [-0.2, -0.15) is 0 Å². The lowest BCUT2D eigenvalue weighted by Gasteiger charge is -2.06. The Morgan fingerprint density at radius 3 is 2.75 bits per heavy atom. The molecule has 0 amide bonds. The van der Waals surface area contributed by atoms with Crippen molar-refractivity contribution in [2.75, 3.05) is 7.11 Å². The number of hydrogen-bond donors (Lipinski definition) is 1. The van der Waals surface area contributed by atoms with Gasteiger partial charge in [-0.15, -0.1) is 0 Å². The molecule has 0 saturated carbocycles. The molecule has 1 heterocycles. The van der Waals surface area contributed by atoms with Crippen molar-refractivity contribution < 1.29 is 14.6 Å². The van der Waals surface area contributed by atoms with Crippen LogP contribution in [0, 0.1) is 6.92 Å². The van der Waals surface area contributed by atoms with Gasteiger partial charge < -0.3 is 9.84 Å². The highest BCUT2D eigenvalue weighted by molar-refractivity contribution is 5.94. The smallest absolute Gasteiger partial charge is 0.354 e. The maximum Gasteiger partial charge on any atom is 0.354 e. The zero-order valence-corrected chi connectivity index (χ0v) is 9.02. The molecule has 0 fully saturated rings. The first kappa shape index (κ1) is 10.4. The molecule has 1 N–H and O–H groups in total. The largest absolute Gasteiger partial charge is 0.481 e. The van der Waals surface area contributed by atoms with Gasteiger partial charge in [-0.3, -0.25) is 0 Å². The Balaban J connectivity index is 2.78. The van der Waals surface area contributed by atoms with Crippen LogP contribution in [-0.2, 0) is 0 Å². The van der Waals surface area contributed by atoms with Crippen LogP contribution in [0.1, 0.15) is 16.1 Å². The molecule has 0 unspecified atom stereocenters. The average molecular weight is 217 g/mol. The van der Waals surface area contributed by atoms with E-state index in [-0.39, 0.29) is 5.69 Å². The summed E-state index contributed by atoms with van der Waals surface area (Å²) in [5.41, 5.74) is 1.06. The van der Waals surface area contributed by atoms with Crippen molar-refractivity contribution in [3.05, 3.63) is 35.5 Å². The van der Waals surface area contributed by atoms with Crippen molar-refractivity contribution in [1.29, 1.82) is 0 Å². The molecule has 0 radical (unpaired) electrons. The van der Waals surface area contributed by atoms with Crippen LogP contribution in [0.15, 0.2) is 24.3 Å². The molecular weight excluding hydrogens is 206 g/mol. The van der Waals surface area contributed by atoms with Crippen LogP contribution < -0.4 is 4.74 Å². The number of carboxylic acid groups (broad SMARTS) is 1. The highest BCUT2D eigenvalue weighted by Gasteiger charge is 2.11. The number of benzene rings is 1. The van der Waals surface area contributed by atoms with Crippen LogP contribution in [-0.4, -0.2) is 23.2 Å². The van der Waals surface area contributed by atoms with Gasteiger partial charge in [-0.05, 0) is 24.4 Å². The topological polar surface area (TPSA) is 59.4 Å². The summed E-state index contributed by atoms with van der Waals surface area (Å²) >= 11 is 0. The fraction of sp³-hybridized carbons (Fsp3) is 0.167. The summed E-state index contributed by atoms with van der Waals surface area (Å²) < 4.78 is 5.08. The van der Waals surface area contributed by atoms with E-state index in [9.17, 15) is 4.79 Å². The Morgan fingerprint density at radius 1 is 1.38 bits per heavy atom. The van der Waals surface area contributed by atoms with Gasteiger partial charge in [0.05, 0.1) is 7.11 Å². The second-order valence-corrected chi connectivity index (χ2v) is 3.55. The van der Waals surface area contributed by atoms with Crippen LogP contribution in [0.5, 0.6) is 5.88 Å². The first-order valence-electron chi connectivity index (χ1n) is 4.80. The highest BCUT2D eigenvalue weighted by Crippen LogP contribution is 2.25. The van der Waals surface area contributed by atoms with Gasteiger partial charge in [0.1, 0.15) is 0 Å². The standard InChI is InChI=1S/C12H11NO3/c1-7-3-4-9-8(5-7)6-10(12(14)15)13-11(9)16-2/h3-6H,1-2H3,(H,14,15). The zero-order chi connectivity index (χ0) is 11.7. The normalized spacial score (nSPS) is 10.4. The van der Waals surface area contributed by atoms with E-state index in [0.717, 1.165) is 16.3 Å². The Morgan fingerprint density at radius 2 is 2.12 bits per heavy atom. The molecule has 0 atom stereocenters. The number of pyridine rings is 1. The maximum absolute atomic E-state index is 10.9. The SMILES string of the molecule is COc1nc(C(=O)O)cc2cc(C)ccc12. The van der Waals surface area contributed by atoms with Crippen molar-refractivity contribution in [2.45, 2.75) is 6.92 Å². The fourth-order valence-electron chi connectivity index (χ4n) is 1.61. The summed E-state index contributed by atoms with van der Waals surface area (Å²) in [6.07, 6.45) is 0. The molecule has 0 saturated heterocycles. The maximum atomic E-state index is 10.9. The number of hydrogen-bond acceptors (Lipinski definition) is 3. The average Bonchev–Trinajstić information content (AvgIpc) is 2.26. The summed E-state index contributed by atoms with van der Waals surface area (Å²) in [4.78, 5) is 14.8. The van der Waals surface area contributed by atoms with E-state index >= 15 is 0 Å². The van der Waals surface area contributed by atoms with E-state index in [4.69, 9.17) is 9.84 Å². The predicted octanol–water partition coefficient (Wildman–Crippen LogP) is 2.25. The number of methoxy groups -OCH3 is 1. The number of carboxylic acids is 1. The van der Waals surface area contributed by atoms with E-state index in [1.807, 2.05) is 25.1 Å². The van der Waals surface area contributed by atoms with E-state index < -0.39 is 5.97 Å². The summed E-state index contributed by atoms with van der Waals surface area (Å²) in [7, 11) is 1.48. The van der Waals surface area contributed by atoms with Gasteiger partial charge >= 0.3 is 5.97 Å². The van der Waals surface area contributed by atoms with Gasteiger partial charge in [-0.25, -0.2) is 9.78 Å². The molecule has 4 nitrogen and oxygen atoms in total. The van der Waals surface area contributed by atoms with E-state index in [1.54, 1.807) is 6.07 Å². The van der Waals surface area contributed by atoms with Crippen LogP contribution in [0.2, 0.25) is 0 Å². The third kappa shape index (κ3) is 1.69. The molecule has 1 aromatic carbocycles. The molecule has 82 valence electrons. The van der Waals surface area contributed by atoms with Gasteiger partial charge in [0.15, 0.2) is 5.69 Å². The molecule has 0 aliphatic heterocycles. The molecule has 2 rings (SSSR count). The minimum atomic E-state index is -1.05. The number of aromatic carboxylic acids is 1. The third-order valence-electron chi connectivity index (χ3n) is 2.36. The summed E-state index contributed by atoms with van der Waals surface area (Å²) in [5, 5.41) is 10.6. The summed E-state index contributed by atoms with van der Waals surface area (Å²) in [5.74, 6) is -0.711. The molecular formula is C12H11NO3. The first-order valence-corrected chi connectivity index (χ1v) is 4.80. The third-order valence-corrected chi connectivity index (χ3v) is 2.36. The lowest BCUT2D eigenvalue weighted by molar-refractivity contribution is 0.0690. The Labute approximate surface area is 92.5 Å². The van der Waals surface area contributed by atoms with Crippen molar-refractivity contribution >= 4 is 16.7 Å². The number of ether oxygens (including phenoxy) is 1. The van der Waals surface area contributed by atoms with E-state index in [0.29, 0.717) is 5.88 Å². The van der Waals surface area contributed by atoms with Gasteiger partial charge in [0.2, 0.25) is 5.88 Å². The second kappa shape index (κ2) is 3.81. The van der Waals surface area contributed by atoms with E-state index in [2.05, 4.69) is 4.98 Å². The van der Waals surface area contributed by atoms with Crippen molar-refractivity contribution in [2.24, 2.45) is 0 Å². The first-order chi connectivity index (χ1) is 7.61. The Bertz CT molecular complexity index is 563. The second-order valence-electron chi connectivity index (χ2n) is 3.55. The number of aryl methyl sites for hydroxylation is 1. The quantitative estimate of drug-likeness (QED) is 0.838. The molecule has 0 bridgehead atoms. The molecule has 4 heteroatoms. The van der Waals surface area contributed by atoms with Crippen LogP contribution in [0.4, 0.5) is 0 Å². The predicted molar refractivity (Wildman–Crippen MR) is 60.0 cm³/mol. The molecule has 2 aromatic rings. The molecule has 1 aromatic heterocycles. The van der Waals surface area contributed by atoms with Gasteiger partial charge in [0, 0.05) is 5.39 Å². The van der Waals surface area contributed by atoms with Gasteiger partial charge in [0.25, 0.3) is 0 Å². The molecule has 0 aliphatic carbocycles. The Hall–Kier alpha value is -2.10. The minimum Gasteiger partial charge on any atom is -0.481 e. The van der Waals surface area contributed by atoms with Crippen LogP contribution in [0.3, 0.4) is 0 Å². The molecule has 16 heavy (non-hydrogen) atoms. The number of aromatic nitrogens is 1. The van der Waals surface area contributed by atoms with E-state index in [1.165, 1.54) is 7.11 Å². The number of nitrogens with zero attached hydrogens (tertiary/aromatic N) is 1. The van der Waals surface area contributed by atoms with Crippen molar-refractivity contribution in [1.82, 2.24) is 4.98 Å². The highest BCUT2D eigenvalue weighted by atomic mass is 16.5. The number of rotatable bonds is 2. The number of fused-ring (bicyclic) bond motifs is 1. The minimum absolute atomic E-state index is 0.00468. The lowest BCUT2D eigenvalue weighted by Crippen LogP contribution is -2.02. The summed E-state index contributed by atoms with van der Waals surface area (Å²) in [6, 6.07) is 7.27. The van der Waals surface area contributed by atoms with Crippen molar-refractivity contribution in [3.8, 4) is 5.88 Å². The Kier molecular flexibility index (Phi) is 2.48. The number of carbonyl (C=O) groups is 1. The molecule has 0 aliphatic rings. The fourth-order valence-corrected chi connectivity index (χ4v) is 1.61. The molecule has 0 spiro atoms. The van der Waals surface area contributed by atoms with Crippen LogP contribution in [0.25, 0.3) is 10.8 Å². The van der Waals surface area contributed by atoms with Crippen molar-refractivity contribution in [3.63, 3.8) is 0 Å². The zero-order valence-electron chi connectivity index (χ0n) is 9.02. The summed E-state index contributed by atoms with van der Waals surface area (Å²) in [6.45, 7) is 1.95. The monoisotopic (exact) mass is 217 g/mol.